The smallest absolute Gasteiger partial charge is 0.290 e. The Morgan fingerprint density at radius 3 is 3.00 bits per heavy atom. The number of carbonyl (C=O) groups is 1. The molecule has 130 valence electrons. The summed E-state index contributed by atoms with van der Waals surface area (Å²) in [4.78, 5) is 15.9. The maximum absolute atomic E-state index is 12.7. The Morgan fingerprint density at radius 1 is 1.27 bits per heavy atom. The van der Waals surface area contributed by atoms with Gasteiger partial charge in [0.1, 0.15) is 0 Å². The lowest BCUT2D eigenvalue weighted by atomic mass is 10.0. The third-order valence-corrected chi connectivity index (χ3v) is 4.43. The lowest BCUT2D eigenvalue weighted by Gasteiger charge is -2.33. The molecule has 1 aliphatic heterocycles. The number of piperidine rings is 1. The summed E-state index contributed by atoms with van der Waals surface area (Å²) < 4.78 is 5.25. The van der Waals surface area contributed by atoms with Crippen LogP contribution >= 0.6 is 0 Å². The van der Waals surface area contributed by atoms with Gasteiger partial charge in [-0.2, -0.15) is 5.26 Å². The highest BCUT2D eigenvalue weighted by Gasteiger charge is 2.33. The van der Waals surface area contributed by atoms with E-state index in [-0.39, 0.29) is 11.9 Å². The summed E-state index contributed by atoms with van der Waals surface area (Å²) in [5, 5.41) is 21.7. The van der Waals surface area contributed by atoms with Crippen molar-refractivity contribution in [3.05, 3.63) is 59.8 Å². The highest BCUT2D eigenvalue weighted by molar-refractivity contribution is 5.91. The van der Waals surface area contributed by atoms with Crippen LogP contribution in [0.5, 0.6) is 0 Å². The Bertz CT molecular complexity index is 956. The zero-order valence-corrected chi connectivity index (χ0v) is 13.9. The molecule has 1 amide bonds. The van der Waals surface area contributed by atoms with Crippen molar-refractivity contribution in [2.75, 3.05) is 6.54 Å². The average molecular weight is 348 g/mol. The lowest BCUT2D eigenvalue weighted by Crippen LogP contribution is -2.38. The highest BCUT2D eigenvalue weighted by Crippen LogP contribution is 2.30. The minimum absolute atomic E-state index is 0.164. The second-order valence-electron chi connectivity index (χ2n) is 6.09. The minimum atomic E-state index is -0.241. The SMILES string of the molecule is N#Cc1cccc(-n2nnc(C3CCCCN3C(=O)c3ccco3)n2)c1. The monoisotopic (exact) mass is 348 g/mol. The maximum Gasteiger partial charge on any atom is 0.290 e. The van der Waals surface area contributed by atoms with E-state index >= 15 is 0 Å². The molecule has 1 unspecified atom stereocenters. The Morgan fingerprint density at radius 2 is 2.19 bits per heavy atom. The van der Waals surface area contributed by atoms with E-state index in [9.17, 15) is 4.79 Å². The summed E-state index contributed by atoms with van der Waals surface area (Å²) >= 11 is 0. The standard InChI is InChI=1S/C18H16N6O2/c19-12-13-5-3-6-14(11-13)24-21-17(20-22-24)15-7-1-2-9-23(15)18(25)16-8-4-10-26-16/h3-6,8,10-11,15H,1-2,7,9H2. The van der Waals surface area contributed by atoms with E-state index in [0.717, 1.165) is 19.3 Å². The number of tetrazole rings is 1. The fraction of sp³-hybridized carbons (Fsp3) is 0.278. The van der Waals surface area contributed by atoms with Crippen molar-refractivity contribution in [1.29, 1.82) is 5.26 Å². The summed E-state index contributed by atoms with van der Waals surface area (Å²) in [7, 11) is 0. The third-order valence-electron chi connectivity index (χ3n) is 4.43. The van der Waals surface area contributed by atoms with Crippen LogP contribution in [0.2, 0.25) is 0 Å². The van der Waals surface area contributed by atoms with Gasteiger partial charge in [-0.15, -0.1) is 15.0 Å². The van der Waals surface area contributed by atoms with E-state index in [4.69, 9.17) is 9.68 Å². The Hall–Kier alpha value is -3.47. The van der Waals surface area contributed by atoms with E-state index < -0.39 is 0 Å². The summed E-state index contributed by atoms with van der Waals surface area (Å²) in [6, 6.07) is 12.2. The van der Waals surface area contributed by atoms with Crippen molar-refractivity contribution < 1.29 is 9.21 Å². The highest BCUT2D eigenvalue weighted by atomic mass is 16.3. The molecule has 26 heavy (non-hydrogen) atoms. The van der Waals surface area contributed by atoms with Gasteiger partial charge in [0, 0.05) is 6.54 Å². The van der Waals surface area contributed by atoms with Crippen molar-refractivity contribution in [2.45, 2.75) is 25.3 Å². The molecule has 1 aliphatic rings. The largest absolute Gasteiger partial charge is 0.459 e. The number of nitriles is 1. The number of hydrogen-bond donors (Lipinski definition) is 0. The molecule has 8 heteroatoms. The number of rotatable bonds is 3. The molecule has 1 atom stereocenters. The molecule has 3 aromatic rings. The van der Waals surface area contributed by atoms with E-state index in [1.165, 1.54) is 11.1 Å². The first-order valence-electron chi connectivity index (χ1n) is 8.41. The van der Waals surface area contributed by atoms with Crippen molar-refractivity contribution in [2.24, 2.45) is 0 Å². The van der Waals surface area contributed by atoms with E-state index in [2.05, 4.69) is 21.5 Å². The van der Waals surface area contributed by atoms with Crippen molar-refractivity contribution in [3.8, 4) is 11.8 Å². The van der Waals surface area contributed by atoms with Gasteiger partial charge in [0.2, 0.25) is 0 Å². The van der Waals surface area contributed by atoms with E-state index in [1.807, 2.05) is 0 Å². The molecule has 0 N–H and O–H groups in total. The van der Waals surface area contributed by atoms with Crippen LogP contribution in [0, 0.1) is 11.3 Å². The number of nitrogens with zero attached hydrogens (tertiary/aromatic N) is 6. The van der Waals surface area contributed by atoms with E-state index in [1.54, 1.807) is 41.3 Å². The molecule has 0 radical (unpaired) electrons. The molecule has 1 saturated heterocycles. The summed E-state index contributed by atoms with van der Waals surface area (Å²) in [5.74, 6) is 0.639. The molecule has 0 saturated carbocycles. The first-order valence-corrected chi connectivity index (χ1v) is 8.41. The van der Waals surface area contributed by atoms with Crippen molar-refractivity contribution in [1.82, 2.24) is 25.1 Å². The molecule has 0 spiro atoms. The van der Waals surface area contributed by atoms with Crippen LogP contribution < -0.4 is 0 Å². The lowest BCUT2D eigenvalue weighted by molar-refractivity contribution is 0.0567. The molecule has 0 aliphatic carbocycles. The summed E-state index contributed by atoms with van der Waals surface area (Å²) in [6.07, 6.45) is 4.19. The fourth-order valence-corrected chi connectivity index (χ4v) is 3.15. The topological polar surface area (TPSA) is 101 Å². The van der Waals surface area contributed by atoms with Crippen LogP contribution in [-0.2, 0) is 0 Å². The van der Waals surface area contributed by atoms with Crippen LogP contribution in [0.4, 0.5) is 0 Å². The van der Waals surface area contributed by atoms with Crippen LogP contribution in [0.25, 0.3) is 5.69 Å². The number of amides is 1. The zero-order valence-electron chi connectivity index (χ0n) is 13.9. The minimum Gasteiger partial charge on any atom is -0.459 e. The van der Waals surface area contributed by atoms with Crippen molar-refractivity contribution in [3.63, 3.8) is 0 Å². The van der Waals surface area contributed by atoms with Gasteiger partial charge in [-0.1, -0.05) is 6.07 Å². The Kier molecular flexibility index (Phi) is 4.19. The normalized spacial score (nSPS) is 17.0. The van der Waals surface area contributed by atoms with Gasteiger partial charge in [-0.3, -0.25) is 4.79 Å². The van der Waals surface area contributed by atoms with E-state index in [0.29, 0.717) is 29.4 Å². The van der Waals surface area contributed by atoms with Gasteiger partial charge in [-0.05, 0) is 54.8 Å². The van der Waals surface area contributed by atoms with Crippen molar-refractivity contribution >= 4 is 5.91 Å². The predicted molar refractivity (Wildman–Crippen MR) is 90.2 cm³/mol. The van der Waals surface area contributed by atoms with Crippen LogP contribution in [0.15, 0.2) is 47.1 Å². The second kappa shape index (κ2) is 6.80. The fourth-order valence-electron chi connectivity index (χ4n) is 3.15. The van der Waals surface area contributed by atoms with Gasteiger partial charge in [0.25, 0.3) is 5.91 Å². The van der Waals surface area contributed by atoms with Crippen LogP contribution in [0.3, 0.4) is 0 Å². The van der Waals surface area contributed by atoms with Gasteiger partial charge in [0.05, 0.1) is 29.6 Å². The molecular weight excluding hydrogens is 332 g/mol. The third kappa shape index (κ3) is 2.95. The molecule has 2 aromatic heterocycles. The number of likely N-dealkylation sites (tertiary alicyclic amines) is 1. The molecule has 0 bridgehead atoms. The van der Waals surface area contributed by atoms with Gasteiger partial charge < -0.3 is 9.32 Å². The molecule has 3 heterocycles. The molecule has 8 nitrogen and oxygen atoms in total. The molecule has 1 fully saturated rings. The quantitative estimate of drug-likeness (QED) is 0.721. The van der Waals surface area contributed by atoms with Crippen LogP contribution in [0.1, 0.15) is 47.2 Å². The van der Waals surface area contributed by atoms with Gasteiger partial charge in [0.15, 0.2) is 11.6 Å². The van der Waals surface area contributed by atoms with Gasteiger partial charge >= 0.3 is 0 Å². The summed E-state index contributed by atoms with van der Waals surface area (Å²) in [5.41, 5.74) is 1.18. The number of aromatic nitrogens is 4. The first kappa shape index (κ1) is 16.0. The van der Waals surface area contributed by atoms with Gasteiger partial charge in [-0.25, -0.2) is 0 Å². The number of furan rings is 1. The molecular formula is C18H16N6O2. The Balaban J connectivity index is 1.62. The second-order valence-corrected chi connectivity index (χ2v) is 6.09. The summed E-state index contributed by atoms with van der Waals surface area (Å²) in [6.45, 7) is 0.628. The predicted octanol–water partition coefficient (Wildman–Crippen LogP) is 2.49. The number of benzene rings is 1. The number of carbonyl (C=O) groups excluding carboxylic acids is 1. The maximum atomic E-state index is 12.7. The first-order chi connectivity index (χ1) is 12.8. The zero-order chi connectivity index (χ0) is 17.9. The van der Waals surface area contributed by atoms with Crippen LogP contribution in [-0.4, -0.2) is 37.6 Å². The average Bonchev–Trinajstić information content (AvgIpc) is 3.39. The number of hydrogen-bond acceptors (Lipinski definition) is 6. The molecule has 1 aromatic carbocycles. The Labute approximate surface area is 149 Å². The molecule has 4 rings (SSSR count).